The van der Waals surface area contributed by atoms with Gasteiger partial charge in [-0.15, -0.1) is 0 Å². The zero-order chi connectivity index (χ0) is 21.2. The van der Waals surface area contributed by atoms with Gasteiger partial charge in [-0.05, 0) is 44.0 Å². The molecule has 0 bridgehead atoms. The van der Waals surface area contributed by atoms with Gasteiger partial charge in [0.05, 0.1) is 0 Å². The molecule has 1 unspecified atom stereocenters. The second-order valence-electron chi connectivity index (χ2n) is 7.08. The number of hydrogen-bond donors (Lipinski definition) is 1. The van der Waals surface area contributed by atoms with Gasteiger partial charge < -0.3 is 15.0 Å². The van der Waals surface area contributed by atoms with Crippen molar-refractivity contribution in [3.05, 3.63) is 64.7 Å². The average Bonchev–Trinajstić information content (AvgIpc) is 2.70. The molecule has 5 nitrogen and oxygen atoms in total. The molecule has 29 heavy (non-hydrogen) atoms. The van der Waals surface area contributed by atoms with Gasteiger partial charge >= 0.3 is 0 Å². The molecule has 0 saturated carbocycles. The summed E-state index contributed by atoms with van der Waals surface area (Å²) in [5.74, 6) is 0.0910. The van der Waals surface area contributed by atoms with E-state index in [1.165, 1.54) is 0 Å². The summed E-state index contributed by atoms with van der Waals surface area (Å²) in [6, 6.07) is 14.2. The summed E-state index contributed by atoms with van der Waals surface area (Å²) < 4.78 is 5.61. The van der Waals surface area contributed by atoms with Crippen LogP contribution in [0.2, 0.25) is 5.02 Å². The molecule has 0 radical (unpaired) electrons. The van der Waals surface area contributed by atoms with Gasteiger partial charge in [0, 0.05) is 18.1 Å². The highest BCUT2D eigenvalue weighted by Crippen LogP contribution is 2.18. The number of ether oxygens (including phenoxy) is 1. The Balaban J connectivity index is 2.11. The number of amides is 2. The van der Waals surface area contributed by atoms with Gasteiger partial charge in [0.15, 0.2) is 6.61 Å². The number of aryl methyl sites for hydroxylation is 1. The number of rotatable bonds is 10. The first-order valence-electron chi connectivity index (χ1n) is 9.91. The normalized spacial score (nSPS) is 11.6. The third-order valence-electron chi connectivity index (χ3n) is 4.59. The molecule has 2 amide bonds. The highest BCUT2D eigenvalue weighted by molar-refractivity contribution is 6.30. The van der Waals surface area contributed by atoms with E-state index in [1.807, 2.05) is 31.2 Å². The number of halogens is 1. The van der Waals surface area contributed by atoms with Crippen LogP contribution in [0.1, 0.15) is 37.8 Å². The Morgan fingerprint density at radius 3 is 2.62 bits per heavy atom. The number of unbranched alkanes of at least 4 members (excludes halogenated alkanes) is 1. The average molecular weight is 417 g/mol. The van der Waals surface area contributed by atoms with Crippen molar-refractivity contribution < 1.29 is 14.3 Å². The van der Waals surface area contributed by atoms with E-state index < -0.39 is 6.04 Å². The van der Waals surface area contributed by atoms with Gasteiger partial charge in [0.1, 0.15) is 11.8 Å². The molecule has 0 fully saturated rings. The monoisotopic (exact) mass is 416 g/mol. The van der Waals surface area contributed by atoms with Crippen LogP contribution in [0.15, 0.2) is 48.5 Å². The first-order valence-corrected chi connectivity index (χ1v) is 10.3. The van der Waals surface area contributed by atoms with Crippen molar-refractivity contribution in [1.82, 2.24) is 10.2 Å². The largest absolute Gasteiger partial charge is 0.484 e. The number of carbonyl (C=O) groups is 2. The van der Waals surface area contributed by atoms with Crippen molar-refractivity contribution in [2.75, 3.05) is 13.2 Å². The molecule has 0 heterocycles. The number of nitrogens with zero attached hydrogens (tertiary/aromatic N) is 1. The minimum Gasteiger partial charge on any atom is -0.484 e. The van der Waals surface area contributed by atoms with Crippen LogP contribution in [0.25, 0.3) is 0 Å². The van der Waals surface area contributed by atoms with E-state index >= 15 is 0 Å². The summed E-state index contributed by atoms with van der Waals surface area (Å²) in [5.41, 5.74) is 2.07. The molecule has 0 aliphatic carbocycles. The highest BCUT2D eigenvalue weighted by Gasteiger charge is 2.26. The Labute approximate surface area is 178 Å². The zero-order valence-corrected chi connectivity index (χ0v) is 18.0. The van der Waals surface area contributed by atoms with Crippen LogP contribution >= 0.6 is 11.6 Å². The maximum absolute atomic E-state index is 13.0. The summed E-state index contributed by atoms with van der Waals surface area (Å²) >= 11 is 5.97. The van der Waals surface area contributed by atoms with Gasteiger partial charge in [-0.2, -0.15) is 0 Å². The SMILES string of the molecule is CCCCNC(=O)C(C)N(Cc1cccc(C)c1)C(=O)COc1cccc(Cl)c1. The minimum absolute atomic E-state index is 0.165. The van der Waals surface area contributed by atoms with E-state index in [-0.39, 0.29) is 18.4 Å². The van der Waals surface area contributed by atoms with Crippen LogP contribution in [0.4, 0.5) is 0 Å². The van der Waals surface area contributed by atoms with E-state index in [4.69, 9.17) is 16.3 Å². The van der Waals surface area contributed by atoms with E-state index in [0.717, 1.165) is 24.0 Å². The Morgan fingerprint density at radius 2 is 1.93 bits per heavy atom. The van der Waals surface area contributed by atoms with Gasteiger partial charge in [0.2, 0.25) is 5.91 Å². The van der Waals surface area contributed by atoms with Crippen molar-refractivity contribution in [2.45, 2.75) is 46.2 Å². The lowest BCUT2D eigenvalue weighted by molar-refractivity contribution is -0.142. The maximum atomic E-state index is 13.0. The number of carbonyl (C=O) groups excluding carboxylic acids is 2. The lowest BCUT2D eigenvalue weighted by Crippen LogP contribution is -2.49. The molecule has 0 saturated heterocycles. The molecule has 0 spiro atoms. The smallest absolute Gasteiger partial charge is 0.261 e. The number of hydrogen-bond acceptors (Lipinski definition) is 3. The topological polar surface area (TPSA) is 58.6 Å². The molecule has 1 atom stereocenters. The molecule has 0 aliphatic heterocycles. The second-order valence-corrected chi connectivity index (χ2v) is 7.51. The third-order valence-corrected chi connectivity index (χ3v) is 4.83. The molecule has 2 aromatic rings. The van der Waals surface area contributed by atoms with Gasteiger partial charge in [-0.1, -0.05) is 60.8 Å². The highest BCUT2D eigenvalue weighted by atomic mass is 35.5. The standard InChI is InChI=1S/C23H29ClN2O3/c1-4-5-12-25-23(28)18(3)26(15-19-9-6-8-17(2)13-19)22(27)16-29-21-11-7-10-20(24)14-21/h6-11,13-14,18H,4-5,12,15-16H2,1-3H3,(H,25,28). The summed E-state index contributed by atoms with van der Waals surface area (Å²) in [4.78, 5) is 27.1. The van der Waals surface area contributed by atoms with Crippen LogP contribution in [0, 0.1) is 6.92 Å². The van der Waals surface area contributed by atoms with Crippen LogP contribution in [0.3, 0.4) is 0 Å². The molecule has 6 heteroatoms. The van der Waals surface area contributed by atoms with E-state index in [0.29, 0.717) is 23.9 Å². The second kappa shape index (κ2) is 11.5. The molecular formula is C23H29ClN2O3. The van der Waals surface area contributed by atoms with Crippen molar-refractivity contribution in [3.63, 3.8) is 0 Å². The molecular weight excluding hydrogens is 388 g/mol. The first kappa shape index (κ1) is 22.8. The summed E-state index contributed by atoms with van der Waals surface area (Å²) in [6.45, 7) is 6.58. The summed E-state index contributed by atoms with van der Waals surface area (Å²) in [6.07, 6.45) is 1.90. The van der Waals surface area contributed by atoms with Crippen molar-refractivity contribution in [3.8, 4) is 5.75 Å². The van der Waals surface area contributed by atoms with E-state index in [2.05, 4.69) is 12.2 Å². The Kier molecular flexibility index (Phi) is 9.00. The predicted octanol–water partition coefficient (Wildman–Crippen LogP) is 4.36. The van der Waals surface area contributed by atoms with E-state index in [9.17, 15) is 9.59 Å². The molecule has 0 aliphatic rings. The Morgan fingerprint density at radius 1 is 1.17 bits per heavy atom. The minimum atomic E-state index is -0.608. The van der Waals surface area contributed by atoms with Crippen LogP contribution < -0.4 is 10.1 Å². The molecule has 0 aromatic heterocycles. The van der Waals surface area contributed by atoms with Crippen LogP contribution in [-0.2, 0) is 16.1 Å². The molecule has 2 aromatic carbocycles. The number of nitrogens with one attached hydrogen (secondary N) is 1. The lowest BCUT2D eigenvalue weighted by atomic mass is 10.1. The quantitative estimate of drug-likeness (QED) is 0.585. The number of benzene rings is 2. The third kappa shape index (κ3) is 7.42. The predicted molar refractivity (Wildman–Crippen MR) is 116 cm³/mol. The Hall–Kier alpha value is -2.53. The van der Waals surface area contributed by atoms with Crippen molar-refractivity contribution in [2.24, 2.45) is 0 Å². The molecule has 1 N–H and O–H groups in total. The zero-order valence-electron chi connectivity index (χ0n) is 17.3. The maximum Gasteiger partial charge on any atom is 0.261 e. The van der Waals surface area contributed by atoms with Crippen molar-refractivity contribution in [1.29, 1.82) is 0 Å². The van der Waals surface area contributed by atoms with Gasteiger partial charge in [0.25, 0.3) is 5.91 Å². The molecule has 2 rings (SSSR count). The fourth-order valence-corrected chi connectivity index (χ4v) is 3.09. The van der Waals surface area contributed by atoms with E-state index in [1.54, 1.807) is 36.1 Å². The fourth-order valence-electron chi connectivity index (χ4n) is 2.91. The Bertz CT molecular complexity index is 825. The van der Waals surface area contributed by atoms with Crippen LogP contribution in [-0.4, -0.2) is 35.9 Å². The van der Waals surface area contributed by atoms with Crippen molar-refractivity contribution >= 4 is 23.4 Å². The first-order chi connectivity index (χ1) is 13.9. The summed E-state index contributed by atoms with van der Waals surface area (Å²) in [5, 5.41) is 3.44. The van der Waals surface area contributed by atoms with Gasteiger partial charge in [-0.25, -0.2) is 0 Å². The summed E-state index contributed by atoms with van der Waals surface area (Å²) in [7, 11) is 0. The van der Waals surface area contributed by atoms with Crippen LogP contribution in [0.5, 0.6) is 5.75 Å². The lowest BCUT2D eigenvalue weighted by Gasteiger charge is -2.29. The van der Waals surface area contributed by atoms with Gasteiger partial charge in [-0.3, -0.25) is 9.59 Å². The fraction of sp³-hybridized carbons (Fsp3) is 0.391. The molecule has 156 valence electrons.